The summed E-state index contributed by atoms with van der Waals surface area (Å²) in [6.07, 6.45) is 0. The third kappa shape index (κ3) is 1.76. The second-order valence-corrected chi connectivity index (χ2v) is 4.01. The number of para-hydroxylation sites is 1. The predicted molar refractivity (Wildman–Crippen MR) is 65.1 cm³/mol. The Hall–Kier alpha value is -1.56. The van der Waals surface area contributed by atoms with Crippen LogP contribution in [0.25, 0.3) is 11.3 Å². The van der Waals surface area contributed by atoms with Gasteiger partial charge in [-0.3, -0.25) is 0 Å². The molecule has 0 amide bonds. The Kier molecular flexibility index (Phi) is 2.82. The minimum Gasteiger partial charge on any atom is -0.494 e. The number of nitrogen functional groups attached to an aromatic ring is 1. The van der Waals surface area contributed by atoms with E-state index < -0.39 is 0 Å². The largest absolute Gasteiger partial charge is 0.494 e. The summed E-state index contributed by atoms with van der Waals surface area (Å²) in [5.74, 6) is 0.615. The average molecular weight is 283 g/mol. The van der Waals surface area contributed by atoms with Crippen LogP contribution in [0.3, 0.4) is 0 Å². The zero-order chi connectivity index (χ0) is 11.7. The molecule has 0 aliphatic rings. The van der Waals surface area contributed by atoms with E-state index in [1.165, 1.54) is 4.80 Å². The lowest BCUT2D eigenvalue weighted by molar-refractivity contribution is 0.418. The molecule has 5 nitrogen and oxygen atoms in total. The summed E-state index contributed by atoms with van der Waals surface area (Å²) in [7, 11) is 3.34. The van der Waals surface area contributed by atoms with Gasteiger partial charge in [0, 0.05) is 12.6 Å². The molecule has 0 saturated carbocycles. The fourth-order valence-electron chi connectivity index (χ4n) is 1.52. The van der Waals surface area contributed by atoms with Crippen molar-refractivity contribution in [3.63, 3.8) is 0 Å². The first-order chi connectivity index (χ1) is 7.63. The molecule has 0 radical (unpaired) electrons. The van der Waals surface area contributed by atoms with Crippen molar-refractivity contribution in [2.24, 2.45) is 7.05 Å². The number of halogens is 1. The smallest absolute Gasteiger partial charge is 0.156 e. The summed E-state index contributed by atoms with van der Waals surface area (Å²) in [4.78, 5) is 1.49. The highest BCUT2D eigenvalue weighted by atomic mass is 79.9. The normalized spacial score (nSPS) is 10.4. The first-order valence-electron chi connectivity index (χ1n) is 4.63. The molecule has 1 aromatic heterocycles. The van der Waals surface area contributed by atoms with Gasteiger partial charge in [0.15, 0.2) is 10.4 Å². The van der Waals surface area contributed by atoms with Gasteiger partial charge < -0.3 is 10.5 Å². The van der Waals surface area contributed by atoms with Gasteiger partial charge in [-0.25, -0.2) is 0 Å². The fourth-order valence-corrected chi connectivity index (χ4v) is 2.04. The first kappa shape index (κ1) is 10.9. The number of hydrogen-bond donors (Lipinski definition) is 1. The van der Waals surface area contributed by atoms with E-state index in [9.17, 15) is 0 Å². The maximum Gasteiger partial charge on any atom is 0.156 e. The molecular formula is C10H11BrN4O. The minimum absolute atomic E-state index is 0.581. The van der Waals surface area contributed by atoms with Gasteiger partial charge in [0.05, 0.1) is 12.8 Å². The maximum absolute atomic E-state index is 5.83. The number of methoxy groups -OCH3 is 1. The quantitative estimate of drug-likeness (QED) is 0.854. The van der Waals surface area contributed by atoms with Crippen LogP contribution in [-0.4, -0.2) is 22.1 Å². The highest BCUT2D eigenvalue weighted by Gasteiger charge is 2.15. The Bertz CT molecular complexity index is 524. The van der Waals surface area contributed by atoms with Crippen molar-refractivity contribution >= 4 is 21.6 Å². The highest BCUT2D eigenvalue weighted by Crippen LogP contribution is 2.36. The molecule has 84 valence electrons. The predicted octanol–water partition coefficient (Wildman–Crippen LogP) is 1.84. The van der Waals surface area contributed by atoms with Crippen molar-refractivity contribution in [1.82, 2.24) is 15.0 Å². The zero-order valence-electron chi connectivity index (χ0n) is 8.94. The standard InChI is InChI=1S/C10H11BrN4O/c1-15-13-8(10(11)14-15)6-4-3-5-7(12)9(6)16-2/h3-5H,12H2,1-2H3. The third-order valence-corrected chi connectivity index (χ3v) is 2.71. The average Bonchev–Trinajstić information content (AvgIpc) is 2.57. The molecule has 2 rings (SSSR count). The van der Waals surface area contributed by atoms with E-state index in [0.29, 0.717) is 21.7 Å². The highest BCUT2D eigenvalue weighted by molar-refractivity contribution is 9.10. The molecule has 0 saturated heterocycles. The van der Waals surface area contributed by atoms with Gasteiger partial charge in [0.1, 0.15) is 5.69 Å². The van der Waals surface area contributed by atoms with Gasteiger partial charge in [-0.15, -0.1) is 5.10 Å². The van der Waals surface area contributed by atoms with Crippen LogP contribution >= 0.6 is 15.9 Å². The lowest BCUT2D eigenvalue weighted by atomic mass is 10.1. The van der Waals surface area contributed by atoms with Crippen LogP contribution in [0.1, 0.15) is 0 Å². The summed E-state index contributed by atoms with van der Waals surface area (Å²) < 4.78 is 5.94. The number of benzene rings is 1. The van der Waals surface area contributed by atoms with Crippen molar-refractivity contribution in [1.29, 1.82) is 0 Å². The lowest BCUT2D eigenvalue weighted by Gasteiger charge is -2.08. The first-order valence-corrected chi connectivity index (χ1v) is 5.42. The molecular weight excluding hydrogens is 272 g/mol. The van der Waals surface area contributed by atoms with Crippen LogP contribution < -0.4 is 10.5 Å². The van der Waals surface area contributed by atoms with E-state index in [2.05, 4.69) is 26.1 Å². The lowest BCUT2D eigenvalue weighted by Crippen LogP contribution is -1.96. The van der Waals surface area contributed by atoms with E-state index >= 15 is 0 Å². The van der Waals surface area contributed by atoms with Crippen LogP contribution in [0.5, 0.6) is 5.75 Å². The molecule has 0 spiro atoms. The van der Waals surface area contributed by atoms with E-state index in [0.717, 1.165) is 5.56 Å². The number of nitrogens with zero attached hydrogens (tertiary/aromatic N) is 3. The number of anilines is 1. The summed E-state index contributed by atoms with van der Waals surface area (Å²) in [5.41, 5.74) is 7.95. The molecule has 1 heterocycles. The fraction of sp³-hybridized carbons (Fsp3) is 0.200. The van der Waals surface area contributed by atoms with Crippen LogP contribution in [0, 0.1) is 0 Å². The van der Waals surface area contributed by atoms with Crippen molar-refractivity contribution in [2.75, 3.05) is 12.8 Å². The van der Waals surface area contributed by atoms with Gasteiger partial charge in [-0.05, 0) is 28.1 Å². The van der Waals surface area contributed by atoms with Crippen LogP contribution in [0.2, 0.25) is 0 Å². The van der Waals surface area contributed by atoms with Crippen molar-refractivity contribution < 1.29 is 4.74 Å². The number of aromatic nitrogens is 3. The second kappa shape index (κ2) is 4.13. The van der Waals surface area contributed by atoms with Gasteiger partial charge in [0.2, 0.25) is 0 Å². The number of rotatable bonds is 2. The van der Waals surface area contributed by atoms with Gasteiger partial charge in [-0.2, -0.15) is 9.90 Å². The van der Waals surface area contributed by atoms with E-state index in [1.54, 1.807) is 20.2 Å². The number of ether oxygens (including phenoxy) is 1. The van der Waals surface area contributed by atoms with E-state index in [4.69, 9.17) is 10.5 Å². The molecule has 0 atom stereocenters. The second-order valence-electron chi connectivity index (χ2n) is 3.26. The molecule has 0 aliphatic heterocycles. The molecule has 2 N–H and O–H groups in total. The monoisotopic (exact) mass is 282 g/mol. The van der Waals surface area contributed by atoms with Crippen molar-refractivity contribution in [3.8, 4) is 17.0 Å². The Labute approximate surface area is 101 Å². The molecule has 0 aliphatic carbocycles. The maximum atomic E-state index is 5.83. The SMILES string of the molecule is COc1c(N)cccc1-c1nn(C)nc1Br. The molecule has 0 bridgehead atoms. The van der Waals surface area contributed by atoms with E-state index in [1.807, 2.05) is 12.1 Å². The Morgan fingerprint density at radius 2 is 2.12 bits per heavy atom. The van der Waals surface area contributed by atoms with Crippen LogP contribution in [-0.2, 0) is 7.05 Å². The van der Waals surface area contributed by atoms with Crippen LogP contribution in [0.4, 0.5) is 5.69 Å². The van der Waals surface area contributed by atoms with Crippen LogP contribution in [0.15, 0.2) is 22.8 Å². The summed E-state index contributed by atoms with van der Waals surface area (Å²) >= 11 is 3.35. The Balaban J connectivity index is 2.64. The zero-order valence-corrected chi connectivity index (χ0v) is 10.5. The molecule has 16 heavy (non-hydrogen) atoms. The summed E-state index contributed by atoms with van der Waals surface area (Å²) in [6, 6.07) is 5.53. The third-order valence-electron chi connectivity index (χ3n) is 2.18. The molecule has 0 fully saturated rings. The van der Waals surface area contributed by atoms with Crippen molar-refractivity contribution in [3.05, 3.63) is 22.8 Å². The van der Waals surface area contributed by atoms with Crippen molar-refractivity contribution in [2.45, 2.75) is 0 Å². The summed E-state index contributed by atoms with van der Waals surface area (Å²) in [6.45, 7) is 0. The Morgan fingerprint density at radius 1 is 1.38 bits per heavy atom. The number of hydrogen-bond acceptors (Lipinski definition) is 4. The molecule has 1 aromatic carbocycles. The molecule has 6 heteroatoms. The molecule has 2 aromatic rings. The number of nitrogens with two attached hydrogens (primary N) is 1. The molecule has 0 unspecified atom stereocenters. The van der Waals surface area contributed by atoms with Gasteiger partial charge in [-0.1, -0.05) is 6.07 Å². The van der Waals surface area contributed by atoms with Gasteiger partial charge >= 0.3 is 0 Å². The topological polar surface area (TPSA) is 66.0 Å². The van der Waals surface area contributed by atoms with E-state index in [-0.39, 0.29) is 0 Å². The Morgan fingerprint density at radius 3 is 2.69 bits per heavy atom. The minimum atomic E-state index is 0.581. The summed E-state index contributed by atoms with van der Waals surface area (Å²) in [5, 5.41) is 8.37. The number of aryl methyl sites for hydroxylation is 1. The van der Waals surface area contributed by atoms with Gasteiger partial charge in [0.25, 0.3) is 0 Å².